The molecule has 0 spiro atoms. The fraction of sp³-hybridized carbons (Fsp3) is 0. The van der Waals surface area contributed by atoms with Gasteiger partial charge in [0.2, 0.25) is 0 Å². The standard InChI is InChI=1S/Ca.Na.HO4Si/c;;1-5(2,3)4/h;;1H/q+2;+1;-3. The predicted molar refractivity (Wildman–Crippen MR) is 13.7 cm³/mol. The van der Waals surface area contributed by atoms with Gasteiger partial charge in [-0.15, -0.1) is 9.05 Å². The Labute approximate surface area is 94.0 Å². The Hall–Kier alpha value is 2.32. The summed E-state index contributed by atoms with van der Waals surface area (Å²) >= 11 is 0. The minimum absolute atomic E-state index is 0. The average Bonchev–Trinajstić information content (AvgIpc) is 0.722. The van der Waals surface area contributed by atoms with Crippen LogP contribution in [0, 0.1) is 0 Å². The molecule has 4 nitrogen and oxygen atoms in total. The van der Waals surface area contributed by atoms with Gasteiger partial charge in [-0.25, -0.2) is 0 Å². The van der Waals surface area contributed by atoms with Gasteiger partial charge in [0.05, 0.1) is 0 Å². The van der Waals surface area contributed by atoms with E-state index in [1.165, 1.54) is 0 Å². The van der Waals surface area contributed by atoms with Crippen molar-refractivity contribution in [3.8, 4) is 0 Å². The maximum atomic E-state index is 8.69. The zero-order valence-electron chi connectivity index (χ0n) is 3.88. The van der Waals surface area contributed by atoms with E-state index in [1.807, 2.05) is 0 Å². The second kappa shape index (κ2) is 6.44. The first-order valence-corrected chi connectivity index (χ1v) is 2.51. The molecule has 32 valence electrons. The Balaban J connectivity index is -0.0000000800. The van der Waals surface area contributed by atoms with Gasteiger partial charge in [0.15, 0.2) is 0 Å². The van der Waals surface area contributed by atoms with Crippen molar-refractivity contribution in [2.45, 2.75) is 0 Å². The second-order valence-corrected chi connectivity index (χ2v) is 1.57. The minimum atomic E-state index is -5.36. The minimum Gasteiger partial charge on any atom is -0.861 e. The molecular formula is HCaNaO4Si. The van der Waals surface area contributed by atoms with Gasteiger partial charge in [-0.3, -0.25) is 0 Å². The van der Waals surface area contributed by atoms with E-state index in [0.717, 1.165) is 0 Å². The Kier molecular flexibility index (Phi) is 14.9. The molecule has 0 bridgehead atoms. The Morgan fingerprint density at radius 1 is 1.14 bits per heavy atom. The van der Waals surface area contributed by atoms with Gasteiger partial charge in [-0.1, -0.05) is 0 Å². The molecule has 0 radical (unpaired) electrons. The molecule has 0 rings (SSSR count). The third-order valence-electron chi connectivity index (χ3n) is 0. The summed E-state index contributed by atoms with van der Waals surface area (Å²) in [5.41, 5.74) is 0. The molecule has 0 aliphatic carbocycles. The van der Waals surface area contributed by atoms with Crippen molar-refractivity contribution >= 4 is 46.8 Å². The van der Waals surface area contributed by atoms with Crippen LogP contribution in [-0.2, 0) is 0 Å². The van der Waals surface area contributed by atoms with Gasteiger partial charge in [-0.05, 0) is 0 Å². The van der Waals surface area contributed by atoms with Crippen LogP contribution in [0.15, 0.2) is 0 Å². The molecule has 0 unspecified atom stereocenters. The molecule has 0 amide bonds. The quantitative estimate of drug-likeness (QED) is 0.353. The van der Waals surface area contributed by atoms with Crippen LogP contribution in [-0.4, -0.2) is 51.6 Å². The largest absolute Gasteiger partial charge is 2.00 e. The number of hydrogen-bond acceptors (Lipinski definition) is 4. The summed E-state index contributed by atoms with van der Waals surface area (Å²) in [5, 5.41) is 0. The molecule has 0 heterocycles. The SMILES string of the molecule is [Ca+2].[Na+].[O-][Si]([O-])([O-])O. The summed E-state index contributed by atoms with van der Waals surface area (Å²) < 4.78 is 0. The zero-order valence-corrected chi connectivity index (χ0v) is 9.09. The van der Waals surface area contributed by atoms with E-state index in [0.29, 0.717) is 0 Å². The first-order chi connectivity index (χ1) is 2.00. The molecule has 7 heteroatoms. The van der Waals surface area contributed by atoms with Gasteiger partial charge in [0, 0.05) is 0 Å². The molecule has 0 aliphatic rings. The number of hydrogen-bond donors (Lipinski definition) is 1. The van der Waals surface area contributed by atoms with Crippen LogP contribution < -0.4 is 43.9 Å². The van der Waals surface area contributed by atoms with Crippen molar-refractivity contribution in [1.29, 1.82) is 0 Å². The topological polar surface area (TPSA) is 89.4 Å². The smallest absolute Gasteiger partial charge is 0.861 e. The molecule has 1 N–H and O–H groups in total. The molecule has 0 aromatic heterocycles. The second-order valence-electron chi connectivity index (χ2n) is 0.524. The van der Waals surface area contributed by atoms with E-state index in [4.69, 9.17) is 19.2 Å². The summed E-state index contributed by atoms with van der Waals surface area (Å²) in [5.74, 6) is 0. The summed E-state index contributed by atoms with van der Waals surface area (Å²) in [6.45, 7) is 0. The van der Waals surface area contributed by atoms with Crippen LogP contribution in [0.5, 0.6) is 0 Å². The van der Waals surface area contributed by atoms with Gasteiger partial charge < -0.3 is 19.2 Å². The predicted octanol–water partition coefficient (Wildman–Crippen LogP) is -7.88. The van der Waals surface area contributed by atoms with Gasteiger partial charge in [0.25, 0.3) is 0 Å². The van der Waals surface area contributed by atoms with Gasteiger partial charge in [-0.2, -0.15) is 0 Å². The maximum absolute atomic E-state index is 8.69. The molecule has 0 saturated carbocycles. The Bertz CT molecular complexity index is 27.2. The Morgan fingerprint density at radius 3 is 1.14 bits per heavy atom. The summed E-state index contributed by atoms with van der Waals surface area (Å²) in [7, 11) is -5.36. The normalized spacial score (nSPS) is 8.57. The first-order valence-electron chi connectivity index (χ1n) is 0.836. The molecule has 0 aliphatic heterocycles. The van der Waals surface area contributed by atoms with E-state index in [1.54, 1.807) is 0 Å². The molecule has 0 atom stereocenters. The molecule has 0 fully saturated rings. The van der Waals surface area contributed by atoms with Crippen LogP contribution in [0.1, 0.15) is 0 Å². The van der Waals surface area contributed by atoms with E-state index in [-0.39, 0.29) is 67.3 Å². The van der Waals surface area contributed by atoms with Crippen molar-refractivity contribution < 1.29 is 48.7 Å². The third kappa shape index (κ3) is 61.8. The van der Waals surface area contributed by atoms with E-state index < -0.39 is 9.05 Å². The fourth-order valence-corrected chi connectivity index (χ4v) is 0. The van der Waals surface area contributed by atoms with Crippen LogP contribution in [0.25, 0.3) is 0 Å². The fourth-order valence-electron chi connectivity index (χ4n) is 0. The van der Waals surface area contributed by atoms with Gasteiger partial charge in [0.1, 0.15) is 0 Å². The molecular weight excluding hydrogens is 155 g/mol. The number of rotatable bonds is 0. The van der Waals surface area contributed by atoms with Crippen molar-refractivity contribution in [2.24, 2.45) is 0 Å². The van der Waals surface area contributed by atoms with E-state index in [2.05, 4.69) is 0 Å². The molecule has 0 aromatic rings. The van der Waals surface area contributed by atoms with Crippen LogP contribution in [0.3, 0.4) is 0 Å². The molecule has 7 heavy (non-hydrogen) atoms. The zero-order chi connectivity index (χ0) is 4.50. The van der Waals surface area contributed by atoms with E-state index >= 15 is 0 Å². The monoisotopic (exact) mass is 156 g/mol. The van der Waals surface area contributed by atoms with Crippen LogP contribution >= 0.6 is 0 Å². The Morgan fingerprint density at radius 2 is 1.14 bits per heavy atom. The van der Waals surface area contributed by atoms with Crippen molar-refractivity contribution in [2.75, 3.05) is 0 Å². The third-order valence-corrected chi connectivity index (χ3v) is 0. The first kappa shape index (κ1) is 16.2. The van der Waals surface area contributed by atoms with Crippen LogP contribution in [0.4, 0.5) is 0 Å². The summed E-state index contributed by atoms with van der Waals surface area (Å²) in [4.78, 5) is 33.1. The summed E-state index contributed by atoms with van der Waals surface area (Å²) in [6, 6.07) is 0. The van der Waals surface area contributed by atoms with Gasteiger partial charge >= 0.3 is 67.3 Å². The van der Waals surface area contributed by atoms with Crippen molar-refractivity contribution in [3.63, 3.8) is 0 Å². The van der Waals surface area contributed by atoms with Crippen molar-refractivity contribution in [3.05, 3.63) is 0 Å². The maximum Gasteiger partial charge on any atom is 2.00 e. The molecule has 0 aromatic carbocycles. The van der Waals surface area contributed by atoms with E-state index in [9.17, 15) is 0 Å². The van der Waals surface area contributed by atoms with Crippen molar-refractivity contribution in [1.82, 2.24) is 0 Å². The summed E-state index contributed by atoms with van der Waals surface area (Å²) in [6.07, 6.45) is 0. The average molecular weight is 156 g/mol. The van der Waals surface area contributed by atoms with Crippen LogP contribution in [0.2, 0.25) is 0 Å². The molecule has 0 saturated heterocycles.